The lowest BCUT2D eigenvalue weighted by Gasteiger charge is -2.30. The number of carbonyl (C=O) groups excluding carboxylic acids is 2. The van der Waals surface area contributed by atoms with Crippen LogP contribution in [-0.4, -0.2) is 67.4 Å². The van der Waals surface area contributed by atoms with Crippen LogP contribution in [0.15, 0.2) is 48.5 Å². The Balaban J connectivity index is 1.18. The van der Waals surface area contributed by atoms with Crippen LogP contribution in [0.3, 0.4) is 0 Å². The molecule has 8 heteroatoms. The highest BCUT2D eigenvalue weighted by Crippen LogP contribution is 2.47. The molecule has 2 fully saturated rings. The van der Waals surface area contributed by atoms with Gasteiger partial charge in [-0.2, -0.15) is 0 Å². The van der Waals surface area contributed by atoms with E-state index in [9.17, 15) is 19.5 Å². The number of alkyl carbamates (subject to hydrolysis) is 1. The Bertz CT molecular complexity index is 1080. The third-order valence-electron chi connectivity index (χ3n) is 7.41. The maximum Gasteiger partial charge on any atom is 0.407 e. The minimum atomic E-state index is -0.969. The van der Waals surface area contributed by atoms with E-state index in [2.05, 4.69) is 29.6 Å². The molecule has 2 unspecified atom stereocenters. The van der Waals surface area contributed by atoms with Gasteiger partial charge in [0.15, 0.2) is 0 Å². The molecule has 5 rings (SSSR count). The number of amides is 2. The van der Waals surface area contributed by atoms with E-state index in [1.54, 1.807) is 7.05 Å². The van der Waals surface area contributed by atoms with Crippen LogP contribution in [0.5, 0.6) is 0 Å². The molecule has 1 saturated carbocycles. The maximum absolute atomic E-state index is 13.1. The number of ether oxygens (including phenoxy) is 2. The molecule has 2 amide bonds. The van der Waals surface area contributed by atoms with Crippen molar-refractivity contribution in [2.45, 2.75) is 24.8 Å². The van der Waals surface area contributed by atoms with E-state index in [4.69, 9.17) is 9.47 Å². The van der Waals surface area contributed by atoms with Crippen molar-refractivity contribution < 1.29 is 29.0 Å². The van der Waals surface area contributed by atoms with Gasteiger partial charge in [-0.3, -0.25) is 9.59 Å². The molecule has 1 saturated heterocycles. The summed E-state index contributed by atoms with van der Waals surface area (Å²) in [6.07, 6.45) is 0.729. The van der Waals surface area contributed by atoms with Gasteiger partial charge < -0.3 is 24.8 Å². The molecule has 0 bridgehead atoms. The van der Waals surface area contributed by atoms with E-state index < -0.39 is 29.4 Å². The summed E-state index contributed by atoms with van der Waals surface area (Å²) >= 11 is 0. The van der Waals surface area contributed by atoms with Crippen LogP contribution in [0, 0.1) is 11.3 Å². The molecule has 0 aromatic heterocycles. The highest BCUT2D eigenvalue weighted by atomic mass is 16.5. The van der Waals surface area contributed by atoms with Gasteiger partial charge in [0.05, 0.1) is 24.7 Å². The number of carboxylic acid groups (broad SMARTS) is 1. The zero-order valence-corrected chi connectivity index (χ0v) is 19.0. The number of benzene rings is 2. The Kier molecular flexibility index (Phi) is 5.77. The lowest BCUT2D eigenvalue weighted by atomic mass is 9.98. The van der Waals surface area contributed by atoms with Crippen molar-refractivity contribution >= 4 is 18.0 Å². The van der Waals surface area contributed by atoms with Gasteiger partial charge in [0.1, 0.15) is 12.5 Å². The van der Waals surface area contributed by atoms with Crippen LogP contribution in [-0.2, 0) is 19.1 Å². The molecule has 2 atom stereocenters. The summed E-state index contributed by atoms with van der Waals surface area (Å²) in [5, 5.41) is 12.2. The number of fused-ring (bicyclic) bond motifs is 3. The van der Waals surface area contributed by atoms with Gasteiger partial charge in [-0.1, -0.05) is 48.5 Å². The molecule has 0 radical (unpaired) electrons. The van der Waals surface area contributed by atoms with E-state index in [0.717, 1.165) is 22.3 Å². The average molecular weight is 465 g/mol. The minimum Gasteiger partial charge on any atom is -0.481 e. The molecular weight excluding hydrogens is 436 g/mol. The average Bonchev–Trinajstić information content (AvgIpc) is 3.34. The molecule has 178 valence electrons. The van der Waals surface area contributed by atoms with Crippen LogP contribution < -0.4 is 5.32 Å². The molecule has 1 heterocycles. The van der Waals surface area contributed by atoms with Crippen molar-refractivity contribution in [1.29, 1.82) is 0 Å². The fourth-order valence-corrected chi connectivity index (χ4v) is 5.19. The van der Waals surface area contributed by atoms with Gasteiger partial charge in [0.2, 0.25) is 5.91 Å². The zero-order chi connectivity index (χ0) is 23.9. The smallest absolute Gasteiger partial charge is 0.407 e. The molecule has 34 heavy (non-hydrogen) atoms. The third-order valence-corrected chi connectivity index (χ3v) is 7.41. The molecule has 8 nitrogen and oxygen atoms in total. The van der Waals surface area contributed by atoms with E-state index in [0.29, 0.717) is 12.8 Å². The molecule has 3 aliphatic rings. The number of hydrogen-bond donors (Lipinski definition) is 2. The van der Waals surface area contributed by atoms with Crippen LogP contribution in [0.1, 0.15) is 29.9 Å². The Labute approximate surface area is 197 Å². The molecule has 1 aliphatic heterocycles. The van der Waals surface area contributed by atoms with E-state index in [1.165, 1.54) is 4.90 Å². The summed E-state index contributed by atoms with van der Waals surface area (Å²) in [5.74, 6) is -1.90. The zero-order valence-electron chi connectivity index (χ0n) is 19.0. The standard InChI is InChI=1S/C26H28N2O6/c1-28(22-14-33-12-21(22)23(29)30)24(31)26(10-11-26)15-27-25(32)34-13-20-18-8-4-2-6-16(18)17-7-3-5-9-19(17)20/h2-9,20-22H,10-15H2,1H3,(H,27,32)(H,29,30). The first-order chi connectivity index (χ1) is 16.4. The lowest BCUT2D eigenvalue weighted by molar-refractivity contribution is -0.145. The van der Waals surface area contributed by atoms with Crippen molar-refractivity contribution in [3.63, 3.8) is 0 Å². The number of likely N-dealkylation sites (N-methyl/N-ethyl adjacent to an activating group) is 1. The summed E-state index contributed by atoms with van der Waals surface area (Å²) in [6.45, 7) is 0.677. The number of hydrogen-bond acceptors (Lipinski definition) is 5. The Hall–Kier alpha value is -3.39. The minimum absolute atomic E-state index is 0.0314. The lowest BCUT2D eigenvalue weighted by Crippen LogP contribution is -2.49. The number of rotatable bonds is 7. The fraction of sp³-hybridized carbons (Fsp3) is 0.423. The van der Waals surface area contributed by atoms with E-state index in [1.807, 2.05) is 24.3 Å². The quantitative estimate of drug-likeness (QED) is 0.653. The molecule has 2 aromatic rings. The SMILES string of the molecule is CN(C(=O)C1(CNC(=O)OCC2c3ccccc3-c3ccccc32)CC1)C1COCC1C(=O)O. The first-order valence-corrected chi connectivity index (χ1v) is 11.6. The monoisotopic (exact) mass is 464 g/mol. The van der Waals surface area contributed by atoms with Gasteiger partial charge in [-0.15, -0.1) is 0 Å². The Morgan fingerprint density at radius 2 is 1.68 bits per heavy atom. The predicted octanol–water partition coefficient (Wildman–Crippen LogP) is 2.86. The second-order valence-corrected chi connectivity index (χ2v) is 9.43. The van der Waals surface area contributed by atoms with Crippen molar-refractivity contribution in [2.75, 3.05) is 33.4 Å². The molecule has 2 N–H and O–H groups in total. The van der Waals surface area contributed by atoms with E-state index >= 15 is 0 Å². The highest BCUT2D eigenvalue weighted by molar-refractivity contribution is 5.87. The summed E-state index contributed by atoms with van der Waals surface area (Å²) < 4.78 is 10.9. The number of carbonyl (C=O) groups is 3. The van der Waals surface area contributed by atoms with Crippen LogP contribution >= 0.6 is 0 Å². The van der Waals surface area contributed by atoms with Crippen molar-refractivity contribution in [2.24, 2.45) is 11.3 Å². The van der Waals surface area contributed by atoms with Crippen molar-refractivity contribution in [1.82, 2.24) is 10.2 Å². The largest absolute Gasteiger partial charge is 0.481 e. The van der Waals surface area contributed by atoms with Gasteiger partial charge in [-0.25, -0.2) is 4.79 Å². The Morgan fingerprint density at radius 1 is 1.06 bits per heavy atom. The molecular formula is C26H28N2O6. The topological polar surface area (TPSA) is 105 Å². The summed E-state index contributed by atoms with van der Waals surface area (Å²) in [4.78, 5) is 38.6. The Morgan fingerprint density at radius 3 is 2.26 bits per heavy atom. The summed E-state index contributed by atoms with van der Waals surface area (Å²) in [6, 6.07) is 15.8. The third kappa shape index (κ3) is 3.92. The molecule has 2 aliphatic carbocycles. The number of nitrogens with zero attached hydrogens (tertiary/aromatic N) is 1. The van der Waals surface area contributed by atoms with Crippen molar-refractivity contribution in [3.05, 3.63) is 59.7 Å². The predicted molar refractivity (Wildman–Crippen MR) is 123 cm³/mol. The van der Waals surface area contributed by atoms with Crippen molar-refractivity contribution in [3.8, 4) is 11.1 Å². The first kappa shape index (κ1) is 22.4. The van der Waals surface area contributed by atoms with Gasteiger partial charge in [-0.05, 0) is 35.1 Å². The van der Waals surface area contributed by atoms with Crippen LogP contribution in [0.25, 0.3) is 11.1 Å². The van der Waals surface area contributed by atoms with Crippen LogP contribution in [0.2, 0.25) is 0 Å². The normalized spacial score (nSPS) is 21.9. The van der Waals surface area contributed by atoms with Crippen LogP contribution in [0.4, 0.5) is 4.79 Å². The molecule has 2 aromatic carbocycles. The number of nitrogens with one attached hydrogen (secondary N) is 1. The highest BCUT2D eigenvalue weighted by Gasteiger charge is 2.53. The molecule has 0 spiro atoms. The van der Waals surface area contributed by atoms with E-state index in [-0.39, 0.29) is 38.2 Å². The van der Waals surface area contributed by atoms with Gasteiger partial charge >= 0.3 is 12.1 Å². The number of aliphatic carboxylic acids is 1. The maximum atomic E-state index is 13.1. The summed E-state index contributed by atoms with van der Waals surface area (Å²) in [7, 11) is 1.62. The fourth-order valence-electron chi connectivity index (χ4n) is 5.19. The first-order valence-electron chi connectivity index (χ1n) is 11.6. The number of carboxylic acids is 1. The van der Waals surface area contributed by atoms with Gasteiger partial charge in [0, 0.05) is 19.5 Å². The van der Waals surface area contributed by atoms with Gasteiger partial charge in [0.25, 0.3) is 0 Å². The second kappa shape index (κ2) is 8.76. The second-order valence-electron chi connectivity index (χ2n) is 9.43. The summed E-state index contributed by atoms with van der Waals surface area (Å²) in [5.41, 5.74) is 3.89.